The van der Waals surface area contributed by atoms with Crippen molar-refractivity contribution in [2.24, 2.45) is 17.3 Å². The minimum absolute atomic E-state index is 0.0499. The van der Waals surface area contributed by atoms with Gasteiger partial charge in [0.05, 0.1) is 16.6 Å². The molecule has 3 fully saturated rings. The number of unbranched alkanes of at least 4 members (excludes halogenated alkanes) is 2. The number of nitrogens with zero attached hydrogens (tertiary/aromatic N) is 1. The Labute approximate surface area is 196 Å². The number of nitrogens with one attached hydrogen (secondary N) is 2. The summed E-state index contributed by atoms with van der Waals surface area (Å²) in [6.45, 7) is 11.2. The van der Waals surface area contributed by atoms with Crippen LogP contribution in [0.1, 0.15) is 73.1 Å². The van der Waals surface area contributed by atoms with E-state index in [0.717, 1.165) is 32.1 Å². The molecule has 0 saturated carbocycles. The maximum atomic E-state index is 13.8. The van der Waals surface area contributed by atoms with Crippen molar-refractivity contribution in [2.75, 3.05) is 20.2 Å². The van der Waals surface area contributed by atoms with E-state index >= 15 is 0 Å². The van der Waals surface area contributed by atoms with E-state index in [2.05, 4.69) is 31.4 Å². The average Bonchev–Trinajstić information content (AvgIpc) is 3.29. The highest BCUT2D eigenvalue weighted by molar-refractivity contribution is 8.02. The Morgan fingerprint density at radius 3 is 2.44 bits per heavy atom. The van der Waals surface area contributed by atoms with Crippen molar-refractivity contribution in [2.45, 2.75) is 94.7 Å². The van der Waals surface area contributed by atoms with Crippen LogP contribution in [0, 0.1) is 17.3 Å². The molecule has 0 aliphatic carbocycles. The summed E-state index contributed by atoms with van der Waals surface area (Å²) in [6.07, 6.45) is 4.69. The summed E-state index contributed by atoms with van der Waals surface area (Å²) in [5, 5.41) is 15.2. The second-order valence-corrected chi connectivity index (χ2v) is 13.2. The van der Waals surface area contributed by atoms with Crippen molar-refractivity contribution in [3.05, 3.63) is 0 Å². The second-order valence-electron chi connectivity index (χ2n) is 11.6. The van der Waals surface area contributed by atoms with E-state index in [1.165, 1.54) is 0 Å². The van der Waals surface area contributed by atoms with Gasteiger partial charge >= 0.3 is 0 Å². The van der Waals surface area contributed by atoms with Crippen LogP contribution in [0.3, 0.4) is 0 Å². The van der Waals surface area contributed by atoms with Gasteiger partial charge in [0.15, 0.2) is 0 Å². The molecule has 182 valence electrons. The van der Waals surface area contributed by atoms with Gasteiger partial charge in [0.1, 0.15) is 6.04 Å². The fourth-order valence-corrected chi connectivity index (χ4v) is 8.72. The summed E-state index contributed by atoms with van der Waals surface area (Å²) < 4.78 is -0.530. The molecule has 3 amide bonds. The van der Waals surface area contributed by atoms with Crippen molar-refractivity contribution in [1.29, 1.82) is 0 Å². The molecular weight excluding hydrogens is 426 g/mol. The van der Waals surface area contributed by atoms with Crippen molar-refractivity contribution >= 4 is 29.5 Å². The molecule has 3 aliphatic rings. The van der Waals surface area contributed by atoms with Gasteiger partial charge in [-0.15, -0.1) is 11.8 Å². The minimum atomic E-state index is -0.557. The van der Waals surface area contributed by atoms with E-state index in [9.17, 15) is 14.4 Å². The van der Waals surface area contributed by atoms with Crippen molar-refractivity contribution in [3.63, 3.8) is 0 Å². The molecular formula is C24H41N3O4S. The summed E-state index contributed by atoms with van der Waals surface area (Å²) in [5.41, 5.74) is -0.352. The number of hydrogen-bond acceptors (Lipinski definition) is 5. The van der Waals surface area contributed by atoms with Crippen LogP contribution in [0.5, 0.6) is 0 Å². The Hall–Kier alpha value is -1.28. The second kappa shape index (κ2) is 9.16. The molecule has 0 aromatic rings. The maximum Gasteiger partial charge on any atom is 0.244 e. The van der Waals surface area contributed by atoms with Crippen LogP contribution in [-0.4, -0.2) is 69.5 Å². The maximum absolute atomic E-state index is 13.8. The van der Waals surface area contributed by atoms with Crippen LogP contribution >= 0.6 is 11.8 Å². The van der Waals surface area contributed by atoms with E-state index in [-0.39, 0.29) is 40.9 Å². The molecule has 0 aromatic carbocycles. The summed E-state index contributed by atoms with van der Waals surface area (Å²) in [5.74, 6) is -1.04. The Balaban J connectivity index is 1.90. The van der Waals surface area contributed by atoms with E-state index in [1.54, 1.807) is 23.7 Å². The van der Waals surface area contributed by atoms with Gasteiger partial charge in [-0.3, -0.25) is 14.4 Å². The molecule has 2 bridgehead atoms. The molecule has 5 atom stereocenters. The topological polar surface area (TPSA) is 98.7 Å². The first-order chi connectivity index (χ1) is 14.9. The zero-order chi connectivity index (χ0) is 23.9. The highest BCUT2D eigenvalue weighted by atomic mass is 32.2. The van der Waals surface area contributed by atoms with Gasteiger partial charge in [0.2, 0.25) is 17.7 Å². The van der Waals surface area contributed by atoms with E-state index < -0.39 is 22.2 Å². The molecule has 3 N–H and O–H groups in total. The van der Waals surface area contributed by atoms with Crippen LogP contribution in [0.4, 0.5) is 0 Å². The average molecular weight is 468 g/mol. The number of thioether (sulfide) groups is 1. The number of carbonyl (C=O) groups excluding carboxylic acids is 3. The van der Waals surface area contributed by atoms with Gasteiger partial charge in [-0.25, -0.2) is 0 Å². The quantitative estimate of drug-likeness (QED) is 0.452. The lowest BCUT2D eigenvalue weighted by atomic mass is 9.70. The highest BCUT2D eigenvalue weighted by Crippen LogP contribution is 2.66. The fourth-order valence-electron chi connectivity index (χ4n) is 6.50. The molecule has 8 heteroatoms. The van der Waals surface area contributed by atoms with Crippen molar-refractivity contribution in [3.8, 4) is 0 Å². The number of hydrogen-bond donors (Lipinski definition) is 3. The normalized spacial score (nSPS) is 31.7. The Morgan fingerprint density at radius 1 is 1.16 bits per heavy atom. The standard InChI is InChI=1S/C24H41N3O4S/c1-22(2,3)14-23(4,5)26-20(30)18-24-11-10-15(32-24)16(19(29)25-6)17(24)21(31)27(18)12-8-7-9-13-28/h15-18,28H,7-14H2,1-6H3,(H,25,29)(H,26,30)/t15-,16+,17+,18?,24?/m1/s1. The number of amides is 3. The van der Waals surface area contributed by atoms with Gasteiger partial charge in [-0.1, -0.05) is 20.8 Å². The van der Waals surface area contributed by atoms with Gasteiger partial charge in [0.25, 0.3) is 0 Å². The zero-order valence-corrected chi connectivity index (χ0v) is 21.3. The van der Waals surface area contributed by atoms with Crippen LogP contribution in [0.2, 0.25) is 0 Å². The molecule has 1 spiro atoms. The Kier molecular flexibility index (Phi) is 7.26. The largest absolute Gasteiger partial charge is 0.396 e. The first kappa shape index (κ1) is 25.3. The monoisotopic (exact) mass is 467 g/mol. The lowest BCUT2D eigenvalue weighted by Crippen LogP contribution is -2.58. The zero-order valence-electron chi connectivity index (χ0n) is 20.5. The molecule has 3 aliphatic heterocycles. The van der Waals surface area contributed by atoms with Gasteiger partial charge in [-0.05, 0) is 57.8 Å². The van der Waals surface area contributed by atoms with Crippen LogP contribution < -0.4 is 10.6 Å². The molecule has 32 heavy (non-hydrogen) atoms. The minimum Gasteiger partial charge on any atom is -0.396 e. The summed E-state index contributed by atoms with van der Waals surface area (Å²) >= 11 is 1.70. The van der Waals surface area contributed by atoms with E-state index in [4.69, 9.17) is 5.11 Å². The molecule has 0 radical (unpaired) electrons. The van der Waals surface area contributed by atoms with Crippen LogP contribution in [0.15, 0.2) is 0 Å². The first-order valence-electron chi connectivity index (χ1n) is 12.0. The molecule has 3 rings (SSSR count). The molecule has 7 nitrogen and oxygen atoms in total. The molecule has 0 aromatic heterocycles. The van der Waals surface area contributed by atoms with Crippen LogP contribution in [-0.2, 0) is 14.4 Å². The number of fused-ring (bicyclic) bond motifs is 1. The van der Waals surface area contributed by atoms with Gasteiger partial charge in [-0.2, -0.15) is 0 Å². The van der Waals surface area contributed by atoms with Crippen LogP contribution in [0.25, 0.3) is 0 Å². The molecule has 3 heterocycles. The number of carbonyl (C=O) groups is 3. The number of aliphatic hydroxyl groups excluding tert-OH is 1. The number of rotatable bonds is 9. The lowest BCUT2D eigenvalue weighted by Gasteiger charge is -2.38. The van der Waals surface area contributed by atoms with Gasteiger partial charge < -0.3 is 20.6 Å². The fraction of sp³-hybridized carbons (Fsp3) is 0.875. The van der Waals surface area contributed by atoms with Crippen molar-refractivity contribution in [1.82, 2.24) is 15.5 Å². The third-order valence-electron chi connectivity index (χ3n) is 7.09. The van der Waals surface area contributed by atoms with Crippen molar-refractivity contribution < 1.29 is 19.5 Å². The van der Waals surface area contributed by atoms with Gasteiger partial charge in [0, 0.05) is 31.0 Å². The third-order valence-corrected chi connectivity index (χ3v) is 9.04. The first-order valence-corrected chi connectivity index (χ1v) is 12.9. The number of likely N-dealkylation sites (tertiary alicyclic amines) is 1. The Morgan fingerprint density at radius 2 is 1.84 bits per heavy atom. The third kappa shape index (κ3) is 4.67. The molecule has 3 saturated heterocycles. The highest BCUT2D eigenvalue weighted by Gasteiger charge is 2.73. The predicted octanol–water partition coefficient (Wildman–Crippen LogP) is 2.32. The summed E-state index contributed by atoms with van der Waals surface area (Å²) in [7, 11) is 1.62. The lowest BCUT2D eigenvalue weighted by molar-refractivity contribution is -0.140. The SMILES string of the molecule is CNC(=O)[C@@H]1[C@H]2C(=O)N(CCCCCO)C(C(=O)NC(C)(C)CC(C)(C)C)C23CC[C@H]1S3. The van der Waals surface area contributed by atoms with E-state index in [1.807, 2.05) is 13.8 Å². The molecule has 2 unspecified atom stereocenters. The number of aliphatic hydroxyl groups is 1. The smallest absolute Gasteiger partial charge is 0.244 e. The Bertz CT molecular complexity index is 750. The summed E-state index contributed by atoms with van der Waals surface area (Å²) in [6, 6.07) is -0.557. The summed E-state index contributed by atoms with van der Waals surface area (Å²) in [4.78, 5) is 42.0. The van der Waals surface area contributed by atoms with E-state index in [0.29, 0.717) is 13.0 Å². The predicted molar refractivity (Wildman–Crippen MR) is 127 cm³/mol.